The van der Waals surface area contributed by atoms with Gasteiger partial charge in [-0.3, -0.25) is 4.90 Å². The van der Waals surface area contributed by atoms with Crippen molar-refractivity contribution in [3.63, 3.8) is 0 Å². The fourth-order valence-corrected chi connectivity index (χ4v) is 3.25. The van der Waals surface area contributed by atoms with E-state index in [1.54, 1.807) is 6.07 Å². The first kappa shape index (κ1) is 16.1. The summed E-state index contributed by atoms with van der Waals surface area (Å²) in [7, 11) is 0. The average Bonchev–Trinajstić information content (AvgIpc) is 2.93. The van der Waals surface area contributed by atoms with Gasteiger partial charge in [-0.25, -0.2) is 0 Å². The van der Waals surface area contributed by atoms with E-state index in [0.717, 1.165) is 37.2 Å². The fourth-order valence-electron chi connectivity index (χ4n) is 3.25. The molecule has 2 aliphatic heterocycles. The van der Waals surface area contributed by atoms with Gasteiger partial charge in [0.2, 0.25) is 0 Å². The van der Waals surface area contributed by atoms with Crippen LogP contribution in [0.2, 0.25) is 0 Å². The summed E-state index contributed by atoms with van der Waals surface area (Å²) in [5, 5.41) is 19.8. The predicted molar refractivity (Wildman–Crippen MR) is 82.7 cm³/mol. The summed E-state index contributed by atoms with van der Waals surface area (Å²) in [5.74, 6) is 0.788. The van der Waals surface area contributed by atoms with Gasteiger partial charge in [0, 0.05) is 5.56 Å². The minimum absolute atomic E-state index is 0. The van der Waals surface area contributed by atoms with Crippen molar-refractivity contribution < 1.29 is 9.84 Å². The van der Waals surface area contributed by atoms with Crippen LogP contribution in [-0.4, -0.2) is 34.8 Å². The van der Waals surface area contributed by atoms with E-state index in [-0.39, 0.29) is 18.4 Å². The molecule has 114 valence electrons. The van der Waals surface area contributed by atoms with E-state index in [4.69, 9.17) is 10.00 Å². The quantitative estimate of drug-likeness (QED) is 0.866. The highest BCUT2D eigenvalue weighted by Gasteiger charge is 2.45. The zero-order valence-electron chi connectivity index (χ0n) is 12.4. The molecule has 2 heterocycles. The highest BCUT2D eigenvalue weighted by Crippen LogP contribution is 2.44. The largest absolute Gasteiger partial charge is 0.485 e. The highest BCUT2D eigenvalue weighted by atomic mass is 35.5. The van der Waals surface area contributed by atoms with E-state index in [1.165, 1.54) is 0 Å². The molecular formula is C16H21ClN2O2. The molecule has 3 rings (SSSR count). The number of nitrogens with zero attached hydrogens (tertiary/aromatic N) is 2. The second kappa shape index (κ2) is 5.84. The zero-order chi connectivity index (χ0) is 14.3. The van der Waals surface area contributed by atoms with Gasteiger partial charge in [-0.2, -0.15) is 5.26 Å². The normalized spacial score (nSPS) is 27.1. The Balaban J connectivity index is 0.00000161. The molecule has 0 radical (unpaired) electrons. The van der Waals surface area contributed by atoms with E-state index in [9.17, 15) is 5.11 Å². The Hall–Kier alpha value is -1.28. The van der Waals surface area contributed by atoms with E-state index in [2.05, 4.69) is 11.0 Å². The molecule has 0 unspecified atom stereocenters. The van der Waals surface area contributed by atoms with E-state index >= 15 is 0 Å². The second-order valence-corrected chi connectivity index (χ2v) is 6.20. The lowest BCUT2D eigenvalue weighted by Crippen LogP contribution is -2.53. The minimum Gasteiger partial charge on any atom is -0.485 e. The zero-order valence-corrected chi connectivity index (χ0v) is 13.2. The molecule has 4 nitrogen and oxygen atoms in total. The van der Waals surface area contributed by atoms with Gasteiger partial charge in [0.1, 0.15) is 17.5 Å². The second-order valence-electron chi connectivity index (χ2n) is 6.20. The van der Waals surface area contributed by atoms with Crippen LogP contribution in [0.1, 0.15) is 43.9 Å². The van der Waals surface area contributed by atoms with Crippen LogP contribution in [-0.2, 0) is 0 Å². The van der Waals surface area contributed by atoms with Gasteiger partial charge in [0.15, 0.2) is 0 Å². The van der Waals surface area contributed by atoms with Crippen molar-refractivity contribution in [1.29, 1.82) is 5.26 Å². The maximum absolute atomic E-state index is 10.7. The molecule has 1 fully saturated rings. The first-order valence-corrected chi connectivity index (χ1v) is 7.18. The number of benzene rings is 1. The molecule has 1 N–H and O–H groups in total. The third kappa shape index (κ3) is 2.74. The Morgan fingerprint density at radius 1 is 1.33 bits per heavy atom. The summed E-state index contributed by atoms with van der Waals surface area (Å²) in [5.41, 5.74) is 0.940. The number of aliphatic hydroxyl groups excluding tert-OH is 1. The molecule has 0 saturated carbocycles. The maximum atomic E-state index is 10.7. The van der Waals surface area contributed by atoms with Crippen molar-refractivity contribution in [3.05, 3.63) is 29.3 Å². The Bertz CT molecular complexity index is 562. The Labute approximate surface area is 131 Å². The molecule has 0 aliphatic carbocycles. The van der Waals surface area contributed by atoms with Crippen molar-refractivity contribution in [3.8, 4) is 11.8 Å². The summed E-state index contributed by atoms with van der Waals surface area (Å²) in [4.78, 5) is 2.31. The lowest BCUT2D eigenvalue weighted by atomic mass is 9.85. The van der Waals surface area contributed by atoms with Crippen LogP contribution < -0.4 is 4.74 Å². The molecule has 0 spiro atoms. The highest BCUT2D eigenvalue weighted by molar-refractivity contribution is 5.85. The van der Waals surface area contributed by atoms with Crippen molar-refractivity contribution in [2.45, 2.75) is 44.4 Å². The summed E-state index contributed by atoms with van der Waals surface area (Å²) < 4.78 is 5.93. The maximum Gasteiger partial charge on any atom is 0.131 e. The van der Waals surface area contributed by atoms with Crippen LogP contribution >= 0.6 is 12.4 Å². The van der Waals surface area contributed by atoms with E-state index in [1.807, 2.05) is 26.0 Å². The monoisotopic (exact) mass is 308 g/mol. The molecule has 0 amide bonds. The molecule has 1 saturated heterocycles. The molecule has 1 aromatic carbocycles. The van der Waals surface area contributed by atoms with Crippen LogP contribution in [0.5, 0.6) is 5.75 Å². The third-order valence-corrected chi connectivity index (χ3v) is 4.38. The molecule has 21 heavy (non-hydrogen) atoms. The first-order valence-electron chi connectivity index (χ1n) is 7.18. The van der Waals surface area contributed by atoms with Gasteiger partial charge in [-0.05, 0) is 58.0 Å². The number of aliphatic hydroxyl groups is 1. The van der Waals surface area contributed by atoms with Crippen LogP contribution in [0.4, 0.5) is 0 Å². The number of hydrogen-bond donors (Lipinski definition) is 1. The van der Waals surface area contributed by atoms with Crippen LogP contribution in [0.25, 0.3) is 0 Å². The van der Waals surface area contributed by atoms with Gasteiger partial charge >= 0.3 is 0 Å². The van der Waals surface area contributed by atoms with Gasteiger partial charge in [0.05, 0.1) is 17.7 Å². The topological polar surface area (TPSA) is 56.5 Å². The average molecular weight is 309 g/mol. The Morgan fingerprint density at radius 3 is 2.62 bits per heavy atom. The van der Waals surface area contributed by atoms with Gasteiger partial charge in [-0.15, -0.1) is 12.4 Å². The lowest BCUT2D eigenvalue weighted by Gasteiger charge is -2.45. The van der Waals surface area contributed by atoms with Gasteiger partial charge in [-0.1, -0.05) is 0 Å². The van der Waals surface area contributed by atoms with Crippen molar-refractivity contribution >= 4 is 12.4 Å². The van der Waals surface area contributed by atoms with Crippen LogP contribution in [0, 0.1) is 11.3 Å². The van der Waals surface area contributed by atoms with Gasteiger partial charge in [0.25, 0.3) is 0 Å². The van der Waals surface area contributed by atoms with E-state index < -0.39 is 11.7 Å². The molecular weight excluding hydrogens is 288 g/mol. The van der Waals surface area contributed by atoms with Crippen LogP contribution in [0.3, 0.4) is 0 Å². The van der Waals surface area contributed by atoms with Crippen molar-refractivity contribution in [1.82, 2.24) is 4.90 Å². The molecule has 2 aliphatic rings. The fraction of sp³-hybridized carbons (Fsp3) is 0.562. The summed E-state index contributed by atoms with van der Waals surface area (Å²) in [6, 6.07) is 7.57. The smallest absolute Gasteiger partial charge is 0.131 e. The summed E-state index contributed by atoms with van der Waals surface area (Å²) >= 11 is 0. The van der Waals surface area contributed by atoms with Crippen LogP contribution in [0.15, 0.2) is 18.2 Å². The van der Waals surface area contributed by atoms with E-state index in [0.29, 0.717) is 5.56 Å². The first-order chi connectivity index (χ1) is 9.53. The number of fused-ring (bicyclic) bond motifs is 1. The van der Waals surface area contributed by atoms with Gasteiger partial charge < -0.3 is 9.84 Å². The third-order valence-electron chi connectivity index (χ3n) is 4.38. The number of ether oxygens (including phenoxy) is 1. The SMILES string of the molecule is CC1(C)Oc2ccc(C#N)cc2[C@@H](N2CCCC2)[C@@H]1O.Cl. The molecule has 0 bridgehead atoms. The molecule has 2 atom stereocenters. The van der Waals surface area contributed by atoms with Crippen molar-refractivity contribution in [2.75, 3.05) is 13.1 Å². The minimum atomic E-state index is -0.617. The summed E-state index contributed by atoms with van der Waals surface area (Å²) in [6.45, 7) is 5.83. The standard InChI is InChI=1S/C16H20N2O2.ClH/c1-16(2)15(19)14(18-7-3-4-8-18)12-9-11(10-17)5-6-13(12)20-16;/h5-6,9,14-15,19H,3-4,7-8H2,1-2H3;1H/t14-,15+;/m1./s1. The molecule has 5 heteroatoms. The number of rotatable bonds is 1. The molecule has 0 aromatic heterocycles. The Kier molecular flexibility index (Phi) is 4.48. The predicted octanol–water partition coefficient (Wildman–Crippen LogP) is 2.65. The number of hydrogen-bond acceptors (Lipinski definition) is 4. The number of likely N-dealkylation sites (tertiary alicyclic amines) is 1. The summed E-state index contributed by atoms with van der Waals surface area (Å²) in [6.07, 6.45) is 1.73. The number of nitriles is 1. The lowest BCUT2D eigenvalue weighted by molar-refractivity contribution is -0.0895. The molecule has 1 aromatic rings. The van der Waals surface area contributed by atoms with Crippen molar-refractivity contribution in [2.24, 2.45) is 0 Å². The Morgan fingerprint density at radius 2 is 2.00 bits per heavy atom. The number of halogens is 1.